The summed E-state index contributed by atoms with van der Waals surface area (Å²) in [6.45, 7) is 6.52. The van der Waals surface area contributed by atoms with Crippen molar-refractivity contribution < 1.29 is 19.1 Å². The van der Waals surface area contributed by atoms with Gasteiger partial charge in [-0.2, -0.15) is 0 Å². The number of rotatable bonds is 5. The van der Waals surface area contributed by atoms with Crippen LogP contribution in [0.4, 0.5) is 5.00 Å². The second-order valence-electron chi connectivity index (χ2n) is 6.39. The molecular weight excluding hydrogens is 360 g/mol. The van der Waals surface area contributed by atoms with Crippen LogP contribution in [0.2, 0.25) is 0 Å². The largest absolute Gasteiger partial charge is 0.452 e. The summed E-state index contributed by atoms with van der Waals surface area (Å²) in [7, 11) is 0. The lowest BCUT2D eigenvalue weighted by atomic mass is 10.1. The molecule has 0 aliphatic heterocycles. The third kappa shape index (κ3) is 5.40. The summed E-state index contributed by atoms with van der Waals surface area (Å²) in [5, 5.41) is 9.48. The Balaban J connectivity index is 2.20. The van der Waals surface area contributed by atoms with Gasteiger partial charge in [0.25, 0.3) is 5.91 Å². The predicted octanol–water partition coefficient (Wildman–Crippen LogP) is 3.51. The summed E-state index contributed by atoms with van der Waals surface area (Å²) in [6, 6.07) is 3.76. The summed E-state index contributed by atoms with van der Waals surface area (Å²) in [5.41, 5.74) is 0.547. The van der Waals surface area contributed by atoms with Crippen molar-refractivity contribution in [1.82, 2.24) is 5.32 Å². The van der Waals surface area contributed by atoms with Crippen LogP contribution in [0.1, 0.15) is 38.1 Å². The van der Waals surface area contributed by atoms with Crippen molar-refractivity contribution >= 4 is 45.5 Å². The molecule has 0 fully saturated rings. The van der Waals surface area contributed by atoms with Gasteiger partial charge in [-0.25, -0.2) is 4.79 Å². The van der Waals surface area contributed by atoms with E-state index in [4.69, 9.17) is 4.74 Å². The minimum atomic E-state index is -0.641. The van der Waals surface area contributed by atoms with Crippen molar-refractivity contribution in [2.75, 3.05) is 11.9 Å². The SMILES string of the molecule is CC(=O)Nc1scc(-c2cccs2)c1C(=O)OCC(=O)NC(C)(C)C. The zero-order chi connectivity index (χ0) is 18.6. The molecule has 0 saturated carbocycles. The number of amides is 2. The number of carbonyl (C=O) groups is 3. The van der Waals surface area contributed by atoms with E-state index in [1.807, 2.05) is 38.3 Å². The molecule has 2 heterocycles. The Morgan fingerprint density at radius 2 is 1.92 bits per heavy atom. The number of esters is 1. The van der Waals surface area contributed by atoms with Crippen LogP contribution < -0.4 is 10.6 Å². The van der Waals surface area contributed by atoms with E-state index in [9.17, 15) is 14.4 Å². The van der Waals surface area contributed by atoms with E-state index < -0.39 is 11.5 Å². The monoisotopic (exact) mass is 380 g/mol. The van der Waals surface area contributed by atoms with Gasteiger partial charge in [0.1, 0.15) is 10.6 Å². The third-order valence-corrected chi connectivity index (χ3v) is 4.72. The van der Waals surface area contributed by atoms with Gasteiger partial charge in [0.15, 0.2) is 6.61 Å². The van der Waals surface area contributed by atoms with E-state index in [-0.39, 0.29) is 24.0 Å². The third-order valence-electron chi connectivity index (χ3n) is 2.92. The normalized spacial score (nSPS) is 11.0. The summed E-state index contributed by atoms with van der Waals surface area (Å²) in [6.07, 6.45) is 0. The molecule has 8 heteroatoms. The smallest absolute Gasteiger partial charge is 0.342 e. The van der Waals surface area contributed by atoms with Crippen molar-refractivity contribution in [2.24, 2.45) is 0 Å². The Morgan fingerprint density at radius 1 is 1.20 bits per heavy atom. The van der Waals surface area contributed by atoms with Gasteiger partial charge in [0.05, 0.1) is 0 Å². The first-order chi connectivity index (χ1) is 11.7. The van der Waals surface area contributed by atoms with E-state index in [1.165, 1.54) is 29.6 Å². The molecule has 0 saturated heterocycles. The van der Waals surface area contributed by atoms with Crippen LogP contribution in [0.5, 0.6) is 0 Å². The molecule has 2 rings (SSSR count). The molecule has 6 nitrogen and oxygen atoms in total. The first kappa shape index (κ1) is 19.1. The molecule has 0 aliphatic carbocycles. The van der Waals surface area contributed by atoms with Crippen molar-refractivity contribution in [3.63, 3.8) is 0 Å². The van der Waals surface area contributed by atoms with Gasteiger partial charge < -0.3 is 15.4 Å². The average molecular weight is 380 g/mol. The lowest BCUT2D eigenvalue weighted by molar-refractivity contribution is -0.125. The number of thiophene rings is 2. The molecule has 2 amide bonds. The second kappa shape index (κ2) is 7.79. The first-order valence-electron chi connectivity index (χ1n) is 7.58. The van der Waals surface area contributed by atoms with Crippen LogP contribution in [0, 0.1) is 0 Å². The minimum absolute atomic E-state index is 0.270. The zero-order valence-corrected chi connectivity index (χ0v) is 16.1. The van der Waals surface area contributed by atoms with Crippen LogP contribution in [-0.4, -0.2) is 29.9 Å². The summed E-state index contributed by atoms with van der Waals surface area (Å²) < 4.78 is 5.16. The maximum absolute atomic E-state index is 12.6. The van der Waals surface area contributed by atoms with Crippen LogP contribution in [0.3, 0.4) is 0 Å². The molecule has 2 aromatic rings. The zero-order valence-electron chi connectivity index (χ0n) is 14.5. The van der Waals surface area contributed by atoms with Crippen LogP contribution in [-0.2, 0) is 14.3 Å². The maximum atomic E-state index is 12.6. The number of nitrogens with one attached hydrogen (secondary N) is 2. The minimum Gasteiger partial charge on any atom is -0.452 e. The molecule has 134 valence electrons. The number of hydrogen-bond acceptors (Lipinski definition) is 6. The van der Waals surface area contributed by atoms with E-state index in [2.05, 4.69) is 10.6 Å². The molecule has 2 aromatic heterocycles. The standard InChI is InChI=1S/C17H20N2O4S2/c1-10(20)18-15-14(11(9-25-15)12-6-5-7-24-12)16(22)23-8-13(21)19-17(2,3)4/h5-7,9H,8H2,1-4H3,(H,18,20)(H,19,21). The highest BCUT2D eigenvalue weighted by atomic mass is 32.1. The lowest BCUT2D eigenvalue weighted by Crippen LogP contribution is -2.42. The van der Waals surface area contributed by atoms with Crippen LogP contribution in [0.25, 0.3) is 10.4 Å². The molecule has 0 aliphatic rings. The van der Waals surface area contributed by atoms with E-state index in [0.717, 1.165) is 4.88 Å². The molecule has 0 aromatic carbocycles. The fraction of sp³-hybridized carbons (Fsp3) is 0.353. The van der Waals surface area contributed by atoms with Gasteiger partial charge >= 0.3 is 5.97 Å². The summed E-state index contributed by atoms with van der Waals surface area (Å²) in [5.74, 6) is -1.30. The number of carbonyl (C=O) groups excluding carboxylic acids is 3. The van der Waals surface area contributed by atoms with Crippen molar-refractivity contribution in [3.05, 3.63) is 28.5 Å². The molecule has 0 spiro atoms. The lowest BCUT2D eigenvalue weighted by Gasteiger charge is -2.20. The van der Waals surface area contributed by atoms with Crippen molar-refractivity contribution in [1.29, 1.82) is 0 Å². The number of anilines is 1. The van der Waals surface area contributed by atoms with E-state index >= 15 is 0 Å². The molecule has 25 heavy (non-hydrogen) atoms. The van der Waals surface area contributed by atoms with Crippen LogP contribution in [0.15, 0.2) is 22.9 Å². The molecular formula is C17H20N2O4S2. The molecule has 0 bridgehead atoms. The van der Waals surface area contributed by atoms with Gasteiger partial charge in [-0.1, -0.05) is 6.07 Å². The fourth-order valence-electron chi connectivity index (χ4n) is 2.08. The molecule has 0 radical (unpaired) electrons. The van der Waals surface area contributed by atoms with Gasteiger partial charge in [-0.05, 0) is 32.2 Å². The topological polar surface area (TPSA) is 84.5 Å². The Kier molecular flexibility index (Phi) is 5.97. The second-order valence-corrected chi connectivity index (χ2v) is 8.21. The Morgan fingerprint density at radius 3 is 2.48 bits per heavy atom. The number of hydrogen-bond donors (Lipinski definition) is 2. The molecule has 0 atom stereocenters. The average Bonchev–Trinajstić information content (AvgIpc) is 3.11. The fourth-order valence-corrected chi connectivity index (χ4v) is 3.90. The van der Waals surface area contributed by atoms with Gasteiger partial charge in [0, 0.05) is 28.3 Å². The number of ether oxygens (including phenoxy) is 1. The van der Waals surface area contributed by atoms with E-state index in [1.54, 1.807) is 5.38 Å². The Labute approximate surface area is 154 Å². The van der Waals surface area contributed by atoms with Gasteiger partial charge in [0.2, 0.25) is 5.91 Å². The predicted molar refractivity (Wildman–Crippen MR) is 100 cm³/mol. The highest BCUT2D eigenvalue weighted by molar-refractivity contribution is 7.17. The van der Waals surface area contributed by atoms with Gasteiger partial charge in [-0.3, -0.25) is 9.59 Å². The first-order valence-corrected chi connectivity index (χ1v) is 9.34. The van der Waals surface area contributed by atoms with Crippen molar-refractivity contribution in [2.45, 2.75) is 33.2 Å². The van der Waals surface area contributed by atoms with Crippen LogP contribution >= 0.6 is 22.7 Å². The Bertz CT molecular complexity index is 773. The van der Waals surface area contributed by atoms with Crippen molar-refractivity contribution in [3.8, 4) is 10.4 Å². The summed E-state index contributed by atoms with van der Waals surface area (Å²) in [4.78, 5) is 36.7. The molecule has 0 unspecified atom stereocenters. The highest BCUT2D eigenvalue weighted by Crippen LogP contribution is 2.38. The van der Waals surface area contributed by atoms with Gasteiger partial charge in [-0.15, -0.1) is 22.7 Å². The van der Waals surface area contributed by atoms with E-state index in [0.29, 0.717) is 10.6 Å². The molecule has 2 N–H and O–H groups in total. The highest BCUT2D eigenvalue weighted by Gasteiger charge is 2.24. The quantitative estimate of drug-likeness (QED) is 0.778. The maximum Gasteiger partial charge on any atom is 0.342 e. The summed E-state index contributed by atoms with van der Waals surface area (Å²) >= 11 is 2.73. The Hall–Kier alpha value is -2.19.